The Labute approximate surface area is 128 Å². The van der Waals surface area contributed by atoms with E-state index in [0.717, 1.165) is 17.1 Å². The normalized spacial score (nSPS) is 14.1. The first kappa shape index (κ1) is 15.9. The van der Waals surface area contributed by atoms with Gasteiger partial charge in [0.05, 0.1) is 11.6 Å². The van der Waals surface area contributed by atoms with Crippen molar-refractivity contribution in [2.75, 3.05) is 0 Å². The standard InChI is InChI=1S/C15H22N4OS/c1-6-12-7-16-15(21-12)10(4)17-8(2)13-9(3)18-11(5)19-14(13)20/h7-8,10,17H,6H2,1-5H3,(H,18,19,20). The van der Waals surface area contributed by atoms with E-state index in [1.165, 1.54) is 4.88 Å². The number of H-pyrrole nitrogens is 1. The summed E-state index contributed by atoms with van der Waals surface area (Å²) >= 11 is 1.71. The third-order valence-electron chi connectivity index (χ3n) is 3.49. The van der Waals surface area contributed by atoms with Crippen molar-refractivity contribution in [2.45, 2.75) is 53.1 Å². The maximum atomic E-state index is 12.1. The van der Waals surface area contributed by atoms with Crippen LogP contribution in [0.25, 0.3) is 0 Å². The lowest BCUT2D eigenvalue weighted by molar-refractivity contribution is 0.486. The number of rotatable bonds is 5. The maximum absolute atomic E-state index is 12.1. The zero-order valence-electron chi connectivity index (χ0n) is 13.2. The molecule has 114 valence electrons. The Kier molecular flexibility index (Phi) is 4.90. The first-order valence-corrected chi connectivity index (χ1v) is 8.02. The SMILES string of the molecule is CCc1cnc(C(C)NC(C)c2c(C)nc(C)[nH]c2=O)s1. The topological polar surface area (TPSA) is 70.7 Å². The van der Waals surface area contributed by atoms with Crippen LogP contribution >= 0.6 is 11.3 Å². The summed E-state index contributed by atoms with van der Waals surface area (Å²) in [7, 11) is 0. The summed E-state index contributed by atoms with van der Waals surface area (Å²) < 4.78 is 0. The van der Waals surface area contributed by atoms with Crippen molar-refractivity contribution in [2.24, 2.45) is 0 Å². The van der Waals surface area contributed by atoms with Gasteiger partial charge in [0.15, 0.2) is 0 Å². The minimum absolute atomic E-state index is 0.0689. The Morgan fingerprint density at radius 3 is 2.62 bits per heavy atom. The molecule has 0 radical (unpaired) electrons. The Morgan fingerprint density at radius 1 is 1.33 bits per heavy atom. The zero-order chi connectivity index (χ0) is 15.6. The van der Waals surface area contributed by atoms with E-state index < -0.39 is 0 Å². The molecule has 0 aromatic carbocycles. The molecule has 2 atom stereocenters. The molecular formula is C15H22N4OS. The number of hydrogen-bond donors (Lipinski definition) is 2. The largest absolute Gasteiger partial charge is 0.310 e. The maximum Gasteiger partial charge on any atom is 0.255 e. The molecule has 0 saturated heterocycles. The summed E-state index contributed by atoms with van der Waals surface area (Å²) in [5.74, 6) is 0.647. The van der Waals surface area contributed by atoms with Gasteiger partial charge in [0.25, 0.3) is 5.56 Å². The highest BCUT2D eigenvalue weighted by atomic mass is 32.1. The van der Waals surface area contributed by atoms with Crippen molar-refractivity contribution in [3.8, 4) is 0 Å². The van der Waals surface area contributed by atoms with Crippen LogP contribution in [0.15, 0.2) is 11.0 Å². The van der Waals surface area contributed by atoms with E-state index in [2.05, 4.69) is 34.1 Å². The Hall–Kier alpha value is -1.53. The molecule has 0 aliphatic rings. The molecule has 2 N–H and O–H groups in total. The lowest BCUT2D eigenvalue weighted by Gasteiger charge is -2.19. The molecule has 21 heavy (non-hydrogen) atoms. The lowest BCUT2D eigenvalue weighted by atomic mass is 10.1. The van der Waals surface area contributed by atoms with Gasteiger partial charge in [-0.2, -0.15) is 0 Å². The Balaban J connectivity index is 2.18. The number of nitrogens with one attached hydrogen (secondary N) is 2. The Bertz CT molecular complexity index is 677. The molecule has 5 nitrogen and oxygen atoms in total. The molecule has 0 aliphatic carbocycles. The lowest BCUT2D eigenvalue weighted by Crippen LogP contribution is -2.29. The van der Waals surface area contributed by atoms with Gasteiger partial charge in [-0.25, -0.2) is 9.97 Å². The van der Waals surface area contributed by atoms with Gasteiger partial charge in [-0.1, -0.05) is 6.92 Å². The van der Waals surface area contributed by atoms with Crippen LogP contribution in [0.3, 0.4) is 0 Å². The molecule has 2 unspecified atom stereocenters. The highest BCUT2D eigenvalue weighted by Gasteiger charge is 2.18. The minimum atomic E-state index is -0.0779. The van der Waals surface area contributed by atoms with Crippen LogP contribution in [0.2, 0.25) is 0 Å². The molecule has 2 rings (SSSR count). The molecule has 2 heterocycles. The second-order valence-corrected chi connectivity index (χ2v) is 6.43. The molecule has 0 fully saturated rings. The fourth-order valence-corrected chi connectivity index (χ4v) is 3.33. The minimum Gasteiger partial charge on any atom is -0.310 e. The summed E-state index contributed by atoms with van der Waals surface area (Å²) in [5, 5.41) is 4.49. The van der Waals surface area contributed by atoms with Crippen molar-refractivity contribution < 1.29 is 0 Å². The van der Waals surface area contributed by atoms with Gasteiger partial charge in [0.1, 0.15) is 10.8 Å². The van der Waals surface area contributed by atoms with Crippen molar-refractivity contribution >= 4 is 11.3 Å². The average Bonchev–Trinajstić information content (AvgIpc) is 2.86. The average molecular weight is 306 g/mol. The zero-order valence-corrected chi connectivity index (χ0v) is 14.0. The van der Waals surface area contributed by atoms with E-state index >= 15 is 0 Å². The number of hydrogen-bond acceptors (Lipinski definition) is 5. The van der Waals surface area contributed by atoms with E-state index in [1.54, 1.807) is 18.3 Å². The van der Waals surface area contributed by atoms with Crippen molar-refractivity contribution in [1.29, 1.82) is 0 Å². The molecule has 0 saturated carbocycles. The molecule has 6 heteroatoms. The van der Waals surface area contributed by atoms with Gasteiger partial charge in [-0.05, 0) is 34.1 Å². The van der Waals surface area contributed by atoms with Gasteiger partial charge < -0.3 is 10.3 Å². The quantitative estimate of drug-likeness (QED) is 0.891. The first-order chi connectivity index (χ1) is 9.92. The fraction of sp³-hybridized carbons (Fsp3) is 0.533. The predicted octanol–water partition coefficient (Wildman–Crippen LogP) is 2.82. The van der Waals surface area contributed by atoms with Gasteiger partial charge in [0, 0.05) is 22.8 Å². The van der Waals surface area contributed by atoms with Crippen LogP contribution in [-0.4, -0.2) is 15.0 Å². The van der Waals surface area contributed by atoms with Crippen LogP contribution in [0.4, 0.5) is 0 Å². The monoisotopic (exact) mass is 306 g/mol. The molecule has 0 bridgehead atoms. The molecule has 2 aromatic rings. The van der Waals surface area contributed by atoms with Crippen LogP contribution < -0.4 is 10.9 Å². The van der Waals surface area contributed by atoms with Crippen LogP contribution in [-0.2, 0) is 6.42 Å². The summed E-state index contributed by atoms with van der Waals surface area (Å²) in [4.78, 5) is 25.0. The third-order valence-corrected chi connectivity index (χ3v) is 4.81. The summed E-state index contributed by atoms with van der Waals surface area (Å²) in [6.45, 7) is 9.85. The summed E-state index contributed by atoms with van der Waals surface area (Å²) in [6.07, 6.45) is 2.93. The Morgan fingerprint density at radius 2 is 2.05 bits per heavy atom. The van der Waals surface area contributed by atoms with Crippen molar-refractivity contribution in [3.63, 3.8) is 0 Å². The number of thiazole rings is 1. The van der Waals surface area contributed by atoms with Crippen molar-refractivity contribution in [3.05, 3.63) is 43.5 Å². The van der Waals surface area contributed by atoms with Crippen LogP contribution in [0, 0.1) is 13.8 Å². The fourth-order valence-electron chi connectivity index (χ4n) is 2.46. The first-order valence-electron chi connectivity index (χ1n) is 7.20. The van der Waals surface area contributed by atoms with Crippen LogP contribution in [0.1, 0.15) is 59.8 Å². The predicted molar refractivity (Wildman–Crippen MR) is 85.8 cm³/mol. The molecule has 0 aliphatic heterocycles. The second kappa shape index (κ2) is 6.49. The highest BCUT2D eigenvalue weighted by molar-refractivity contribution is 7.11. The van der Waals surface area contributed by atoms with Crippen LogP contribution in [0.5, 0.6) is 0 Å². The second-order valence-electron chi connectivity index (χ2n) is 5.28. The van der Waals surface area contributed by atoms with Gasteiger partial charge in [-0.15, -0.1) is 11.3 Å². The number of aromatic amines is 1. The number of aromatic nitrogens is 3. The van der Waals surface area contributed by atoms with E-state index in [-0.39, 0.29) is 17.6 Å². The summed E-state index contributed by atoms with van der Waals surface area (Å²) in [5.41, 5.74) is 1.40. The summed E-state index contributed by atoms with van der Waals surface area (Å²) in [6, 6.07) is 0.0243. The highest BCUT2D eigenvalue weighted by Crippen LogP contribution is 2.23. The van der Waals surface area contributed by atoms with Gasteiger partial charge >= 0.3 is 0 Å². The number of aryl methyl sites for hydroxylation is 3. The third kappa shape index (κ3) is 3.57. The number of nitrogens with zero attached hydrogens (tertiary/aromatic N) is 2. The van der Waals surface area contributed by atoms with E-state index in [9.17, 15) is 4.79 Å². The van der Waals surface area contributed by atoms with Crippen molar-refractivity contribution in [1.82, 2.24) is 20.3 Å². The molecule has 2 aromatic heterocycles. The molecular weight excluding hydrogens is 284 g/mol. The smallest absolute Gasteiger partial charge is 0.255 e. The molecule has 0 spiro atoms. The van der Waals surface area contributed by atoms with Gasteiger partial charge in [0.2, 0.25) is 0 Å². The molecule has 0 amide bonds. The van der Waals surface area contributed by atoms with E-state index in [1.807, 2.05) is 20.0 Å². The van der Waals surface area contributed by atoms with Gasteiger partial charge in [-0.3, -0.25) is 4.79 Å². The van der Waals surface area contributed by atoms with E-state index in [0.29, 0.717) is 11.4 Å². The van der Waals surface area contributed by atoms with E-state index in [4.69, 9.17) is 0 Å².